The fraction of sp³-hybridized carbons (Fsp3) is 0.643. The summed E-state index contributed by atoms with van der Waals surface area (Å²) in [4.78, 5) is 12.2. The third-order valence-electron chi connectivity index (χ3n) is 3.75. The van der Waals surface area contributed by atoms with Gasteiger partial charge in [-0.15, -0.1) is 0 Å². The number of halogens is 1. The van der Waals surface area contributed by atoms with Gasteiger partial charge in [-0.3, -0.25) is 4.79 Å². The number of nitrogens with zero attached hydrogens (tertiary/aromatic N) is 1. The molecule has 5 heteroatoms. The SMILES string of the molecule is O=C(NCC1CCCCO1)c1cc(Br)cn1C1CC1. The molecule has 1 atom stereocenters. The zero-order chi connectivity index (χ0) is 13.2. The van der Waals surface area contributed by atoms with E-state index in [2.05, 4.69) is 25.8 Å². The summed E-state index contributed by atoms with van der Waals surface area (Å²) in [6.07, 6.45) is 7.93. The standard InChI is InChI=1S/C14H19BrN2O2/c15-10-7-13(17(9-10)11-4-5-11)14(18)16-8-12-3-1-2-6-19-12/h7,9,11-12H,1-6,8H2,(H,16,18). The molecule has 3 rings (SSSR count). The van der Waals surface area contributed by atoms with Gasteiger partial charge in [0.05, 0.1) is 6.10 Å². The molecule has 1 aliphatic carbocycles. The molecule has 1 saturated carbocycles. The van der Waals surface area contributed by atoms with Gasteiger partial charge in [-0.05, 0) is 54.1 Å². The molecule has 1 saturated heterocycles. The fourth-order valence-electron chi connectivity index (χ4n) is 2.55. The first-order chi connectivity index (χ1) is 9.24. The van der Waals surface area contributed by atoms with Crippen LogP contribution in [-0.2, 0) is 4.74 Å². The molecule has 0 spiro atoms. The zero-order valence-electron chi connectivity index (χ0n) is 10.9. The van der Waals surface area contributed by atoms with E-state index < -0.39 is 0 Å². The maximum Gasteiger partial charge on any atom is 0.268 e. The lowest BCUT2D eigenvalue weighted by Gasteiger charge is -2.22. The lowest BCUT2D eigenvalue weighted by molar-refractivity contribution is 0.0168. The maximum absolute atomic E-state index is 12.2. The summed E-state index contributed by atoms with van der Waals surface area (Å²) in [5.41, 5.74) is 0.755. The minimum absolute atomic E-state index is 0.00627. The molecule has 1 aromatic heterocycles. The van der Waals surface area contributed by atoms with E-state index in [0.29, 0.717) is 12.6 Å². The van der Waals surface area contributed by atoms with Crippen LogP contribution in [0.25, 0.3) is 0 Å². The first-order valence-electron chi connectivity index (χ1n) is 7.01. The average molecular weight is 327 g/mol. The number of hydrogen-bond donors (Lipinski definition) is 1. The largest absolute Gasteiger partial charge is 0.376 e. The van der Waals surface area contributed by atoms with Gasteiger partial charge >= 0.3 is 0 Å². The number of nitrogens with one attached hydrogen (secondary N) is 1. The highest BCUT2D eigenvalue weighted by atomic mass is 79.9. The Morgan fingerprint density at radius 2 is 2.26 bits per heavy atom. The smallest absolute Gasteiger partial charge is 0.268 e. The fourth-order valence-corrected chi connectivity index (χ4v) is 2.99. The van der Waals surface area contributed by atoms with Gasteiger partial charge in [0.15, 0.2) is 0 Å². The number of aromatic nitrogens is 1. The van der Waals surface area contributed by atoms with Crippen LogP contribution in [0, 0.1) is 0 Å². The van der Waals surface area contributed by atoms with Crippen molar-refractivity contribution < 1.29 is 9.53 Å². The third kappa shape index (κ3) is 3.20. The summed E-state index contributed by atoms with van der Waals surface area (Å²) in [6, 6.07) is 2.41. The highest BCUT2D eigenvalue weighted by Gasteiger charge is 2.28. The molecule has 1 aromatic rings. The van der Waals surface area contributed by atoms with Crippen molar-refractivity contribution in [3.05, 3.63) is 22.4 Å². The normalized spacial score (nSPS) is 23.3. The molecule has 0 aromatic carbocycles. The van der Waals surface area contributed by atoms with Crippen LogP contribution in [0.4, 0.5) is 0 Å². The van der Waals surface area contributed by atoms with Crippen molar-refractivity contribution in [1.29, 1.82) is 0 Å². The van der Waals surface area contributed by atoms with E-state index in [1.54, 1.807) is 0 Å². The van der Waals surface area contributed by atoms with Gasteiger partial charge in [-0.25, -0.2) is 0 Å². The molecular weight excluding hydrogens is 308 g/mol. The Morgan fingerprint density at radius 3 is 2.95 bits per heavy atom. The molecule has 0 bridgehead atoms. The molecule has 104 valence electrons. The van der Waals surface area contributed by atoms with Gasteiger partial charge in [0.25, 0.3) is 5.91 Å². The monoisotopic (exact) mass is 326 g/mol. The minimum Gasteiger partial charge on any atom is -0.376 e. The van der Waals surface area contributed by atoms with Gasteiger partial charge in [0, 0.05) is 29.9 Å². The highest BCUT2D eigenvalue weighted by molar-refractivity contribution is 9.10. The Bertz CT molecular complexity index is 462. The number of hydrogen-bond acceptors (Lipinski definition) is 2. The van der Waals surface area contributed by atoms with Crippen molar-refractivity contribution in [2.75, 3.05) is 13.2 Å². The van der Waals surface area contributed by atoms with E-state index in [0.717, 1.165) is 29.6 Å². The molecule has 1 aliphatic heterocycles. The van der Waals surface area contributed by atoms with Crippen molar-refractivity contribution in [2.24, 2.45) is 0 Å². The van der Waals surface area contributed by atoms with Crippen LogP contribution in [0.5, 0.6) is 0 Å². The molecule has 1 N–H and O–H groups in total. The number of carbonyl (C=O) groups excluding carboxylic acids is 1. The second-order valence-electron chi connectivity index (χ2n) is 5.38. The number of carbonyl (C=O) groups is 1. The van der Waals surface area contributed by atoms with E-state index >= 15 is 0 Å². The van der Waals surface area contributed by atoms with E-state index in [1.807, 2.05) is 12.3 Å². The van der Waals surface area contributed by atoms with Crippen LogP contribution in [0.1, 0.15) is 48.6 Å². The molecular formula is C14H19BrN2O2. The molecule has 0 radical (unpaired) electrons. The van der Waals surface area contributed by atoms with Crippen molar-refractivity contribution in [2.45, 2.75) is 44.2 Å². The molecule has 19 heavy (non-hydrogen) atoms. The van der Waals surface area contributed by atoms with Crippen molar-refractivity contribution >= 4 is 21.8 Å². The predicted molar refractivity (Wildman–Crippen MR) is 76.3 cm³/mol. The topological polar surface area (TPSA) is 43.3 Å². The van der Waals surface area contributed by atoms with Crippen LogP contribution in [0.3, 0.4) is 0 Å². The van der Waals surface area contributed by atoms with E-state index in [-0.39, 0.29) is 12.0 Å². The lowest BCUT2D eigenvalue weighted by Crippen LogP contribution is -2.36. The molecule has 1 unspecified atom stereocenters. The summed E-state index contributed by atoms with van der Waals surface area (Å²) in [5, 5.41) is 3.00. The van der Waals surface area contributed by atoms with Crippen LogP contribution in [0.2, 0.25) is 0 Å². The summed E-state index contributed by atoms with van der Waals surface area (Å²) in [7, 11) is 0. The molecule has 2 heterocycles. The summed E-state index contributed by atoms with van der Waals surface area (Å²) < 4.78 is 8.68. The minimum atomic E-state index is 0.00627. The van der Waals surface area contributed by atoms with Gasteiger partial charge in [0.2, 0.25) is 0 Å². The Kier molecular flexibility index (Phi) is 3.93. The second-order valence-corrected chi connectivity index (χ2v) is 6.30. The molecule has 1 amide bonds. The van der Waals surface area contributed by atoms with Gasteiger partial charge in [-0.2, -0.15) is 0 Å². The first kappa shape index (κ1) is 13.2. The molecule has 2 aliphatic rings. The Labute approximate surface area is 121 Å². The van der Waals surface area contributed by atoms with Gasteiger partial charge in [0.1, 0.15) is 5.69 Å². The number of ether oxygens (including phenoxy) is 1. The second kappa shape index (κ2) is 5.67. The first-order valence-corrected chi connectivity index (χ1v) is 7.80. The van der Waals surface area contributed by atoms with E-state index in [4.69, 9.17) is 4.74 Å². The van der Waals surface area contributed by atoms with Crippen LogP contribution in [-0.4, -0.2) is 29.7 Å². The summed E-state index contributed by atoms with van der Waals surface area (Å²) >= 11 is 3.45. The average Bonchev–Trinajstić information content (AvgIpc) is 3.20. The predicted octanol–water partition coefficient (Wildman–Crippen LogP) is 2.88. The Morgan fingerprint density at radius 1 is 1.42 bits per heavy atom. The van der Waals surface area contributed by atoms with Crippen LogP contribution < -0.4 is 5.32 Å². The van der Waals surface area contributed by atoms with E-state index in [9.17, 15) is 4.79 Å². The van der Waals surface area contributed by atoms with Crippen molar-refractivity contribution in [3.8, 4) is 0 Å². The van der Waals surface area contributed by atoms with Gasteiger partial charge < -0.3 is 14.6 Å². The van der Waals surface area contributed by atoms with Crippen LogP contribution in [0.15, 0.2) is 16.7 Å². The van der Waals surface area contributed by atoms with Crippen LogP contribution >= 0.6 is 15.9 Å². The van der Waals surface area contributed by atoms with Gasteiger partial charge in [-0.1, -0.05) is 0 Å². The lowest BCUT2D eigenvalue weighted by atomic mass is 10.1. The quantitative estimate of drug-likeness (QED) is 0.924. The summed E-state index contributed by atoms with van der Waals surface area (Å²) in [6.45, 7) is 1.44. The Hall–Kier alpha value is -0.810. The highest BCUT2D eigenvalue weighted by Crippen LogP contribution is 2.37. The van der Waals surface area contributed by atoms with E-state index in [1.165, 1.54) is 19.3 Å². The zero-order valence-corrected chi connectivity index (χ0v) is 12.5. The van der Waals surface area contributed by atoms with Crippen molar-refractivity contribution in [3.63, 3.8) is 0 Å². The number of amides is 1. The molecule has 2 fully saturated rings. The Balaban J connectivity index is 1.60. The summed E-state index contributed by atoms with van der Waals surface area (Å²) in [5.74, 6) is 0.00627. The molecule has 4 nitrogen and oxygen atoms in total. The third-order valence-corrected chi connectivity index (χ3v) is 4.19. The number of rotatable bonds is 4. The maximum atomic E-state index is 12.2. The van der Waals surface area contributed by atoms with Crippen molar-refractivity contribution in [1.82, 2.24) is 9.88 Å².